The molecule has 1 saturated heterocycles. The Balaban J connectivity index is 0.00000280. The first-order valence-electron chi connectivity index (χ1n) is 12.8. The maximum absolute atomic E-state index is 14.1. The van der Waals surface area contributed by atoms with Gasteiger partial charge in [-0.05, 0) is 95.4 Å². The second-order valence-corrected chi connectivity index (χ2v) is 9.74. The Morgan fingerprint density at radius 3 is 2.49 bits per heavy atom. The van der Waals surface area contributed by atoms with Crippen LogP contribution >= 0.6 is 12.4 Å². The van der Waals surface area contributed by atoms with Gasteiger partial charge in [-0.25, -0.2) is 4.39 Å². The van der Waals surface area contributed by atoms with Gasteiger partial charge >= 0.3 is 0 Å². The van der Waals surface area contributed by atoms with Crippen LogP contribution < -0.4 is 4.74 Å². The Bertz CT molecular complexity index is 1390. The monoisotopic (exact) mass is 519 g/mol. The fourth-order valence-electron chi connectivity index (χ4n) is 5.54. The number of nitrogens with zero attached hydrogens (tertiary/aromatic N) is 1. The summed E-state index contributed by atoms with van der Waals surface area (Å²) >= 11 is 0. The van der Waals surface area contributed by atoms with Gasteiger partial charge in [0, 0.05) is 12.1 Å². The van der Waals surface area contributed by atoms with E-state index in [2.05, 4.69) is 17.0 Å². The van der Waals surface area contributed by atoms with Crippen LogP contribution in [0.3, 0.4) is 0 Å². The Kier molecular flexibility index (Phi) is 7.65. The van der Waals surface area contributed by atoms with E-state index < -0.39 is 0 Å². The number of piperidine rings is 1. The van der Waals surface area contributed by atoms with E-state index >= 15 is 0 Å². The topological polar surface area (TPSA) is 41.9 Å². The average Bonchev–Trinajstić information content (AvgIpc) is 3.06. The minimum atomic E-state index is -0.342. The van der Waals surface area contributed by atoms with E-state index in [4.69, 9.17) is 9.47 Å². The lowest BCUT2D eigenvalue weighted by Gasteiger charge is -2.26. The van der Waals surface area contributed by atoms with Crippen molar-refractivity contribution in [2.45, 2.75) is 32.0 Å². The van der Waals surface area contributed by atoms with Gasteiger partial charge < -0.3 is 14.6 Å². The number of halogens is 2. The molecule has 4 aromatic carbocycles. The number of ether oxygens (including phenoxy) is 2. The Labute approximate surface area is 223 Å². The molecule has 0 bridgehead atoms. The molecule has 1 N–H and O–H groups in total. The molecule has 2 aliphatic heterocycles. The number of rotatable bonds is 5. The molecule has 1 atom stereocenters. The van der Waals surface area contributed by atoms with Gasteiger partial charge in [-0.3, -0.25) is 4.90 Å². The average molecular weight is 520 g/mol. The molecule has 0 saturated carbocycles. The van der Waals surface area contributed by atoms with Gasteiger partial charge in [0.25, 0.3) is 0 Å². The predicted octanol–water partition coefficient (Wildman–Crippen LogP) is 7.26. The lowest BCUT2D eigenvalue weighted by Crippen LogP contribution is -2.33. The highest BCUT2D eigenvalue weighted by Crippen LogP contribution is 2.44. The summed E-state index contributed by atoms with van der Waals surface area (Å²) in [6.45, 7) is 4.27. The van der Waals surface area contributed by atoms with Crippen molar-refractivity contribution in [1.29, 1.82) is 0 Å². The van der Waals surface area contributed by atoms with E-state index in [1.807, 2.05) is 36.4 Å². The first kappa shape index (κ1) is 25.5. The summed E-state index contributed by atoms with van der Waals surface area (Å²) in [6, 6.07) is 22.5. The maximum Gasteiger partial charge on any atom is 0.123 e. The van der Waals surface area contributed by atoms with Crippen molar-refractivity contribution in [1.82, 2.24) is 4.90 Å². The van der Waals surface area contributed by atoms with Crippen molar-refractivity contribution in [3.8, 4) is 22.6 Å². The van der Waals surface area contributed by atoms with Crippen molar-refractivity contribution < 1.29 is 19.0 Å². The molecular formula is C31H31ClFNO3. The summed E-state index contributed by atoms with van der Waals surface area (Å²) in [5, 5.41) is 12.0. The summed E-state index contributed by atoms with van der Waals surface area (Å²) in [7, 11) is 0. The molecule has 0 aliphatic carbocycles. The van der Waals surface area contributed by atoms with Crippen molar-refractivity contribution in [2.24, 2.45) is 0 Å². The number of benzene rings is 4. The molecule has 0 aromatic heterocycles. The van der Waals surface area contributed by atoms with Crippen molar-refractivity contribution >= 4 is 23.2 Å². The van der Waals surface area contributed by atoms with Crippen LogP contribution in [0, 0.1) is 5.82 Å². The van der Waals surface area contributed by atoms with E-state index in [1.54, 1.807) is 18.2 Å². The first-order chi connectivity index (χ1) is 17.7. The summed E-state index contributed by atoms with van der Waals surface area (Å²) in [5.74, 6) is 0.800. The highest BCUT2D eigenvalue weighted by atomic mass is 35.5. The quantitative estimate of drug-likeness (QED) is 0.301. The van der Waals surface area contributed by atoms with Crippen molar-refractivity contribution in [3.63, 3.8) is 0 Å². The molecule has 2 aliphatic rings. The number of hydrogen-bond acceptors (Lipinski definition) is 4. The third-order valence-corrected chi connectivity index (χ3v) is 7.38. The van der Waals surface area contributed by atoms with Crippen LogP contribution in [0.25, 0.3) is 21.9 Å². The summed E-state index contributed by atoms with van der Waals surface area (Å²) < 4.78 is 26.6. The number of phenolic OH excluding ortho intramolecular Hbond substituents is 1. The molecule has 1 unspecified atom stereocenters. The standard InChI is InChI=1S/C31H30FNO3.ClH/c32-24-7-12-27-23(18-24)20-36-31(30-28-13-8-25(34)19-22(28)6-11-29(27)30)21-4-9-26(10-5-21)35-17-16-33-14-2-1-3-15-33;/h4-13,18-19,31,34H,1-3,14-17,20H2;1H. The summed E-state index contributed by atoms with van der Waals surface area (Å²) in [5.41, 5.74) is 4.86. The summed E-state index contributed by atoms with van der Waals surface area (Å²) in [4.78, 5) is 2.47. The second kappa shape index (κ2) is 11.1. The highest BCUT2D eigenvalue weighted by molar-refractivity contribution is 5.94. The first-order valence-corrected chi connectivity index (χ1v) is 12.8. The van der Waals surface area contributed by atoms with Crippen LogP contribution in [0.4, 0.5) is 4.39 Å². The number of likely N-dealkylation sites (tertiary alicyclic amines) is 1. The highest BCUT2D eigenvalue weighted by Gasteiger charge is 2.27. The Morgan fingerprint density at radius 1 is 0.892 bits per heavy atom. The molecule has 4 nitrogen and oxygen atoms in total. The molecular weight excluding hydrogens is 489 g/mol. The zero-order chi connectivity index (χ0) is 24.5. The molecule has 0 radical (unpaired) electrons. The molecule has 0 spiro atoms. The molecule has 2 heterocycles. The summed E-state index contributed by atoms with van der Waals surface area (Å²) in [6.07, 6.45) is 3.55. The lowest BCUT2D eigenvalue weighted by molar-refractivity contribution is 0.0700. The molecule has 1 fully saturated rings. The van der Waals surface area contributed by atoms with Crippen LogP contribution in [-0.4, -0.2) is 36.2 Å². The van der Waals surface area contributed by atoms with Crippen molar-refractivity contribution in [3.05, 3.63) is 95.3 Å². The van der Waals surface area contributed by atoms with Gasteiger partial charge in [-0.2, -0.15) is 0 Å². The van der Waals surface area contributed by atoms with Crippen LogP contribution in [0.1, 0.15) is 42.1 Å². The molecule has 0 amide bonds. The van der Waals surface area contributed by atoms with Gasteiger partial charge in [0.2, 0.25) is 0 Å². The van der Waals surface area contributed by atoms with Gasteiger partial charge in [0.05, 0.1) is 6.61 Å². The third-order valence-electron chi connectivity index (χ3n) is 7.38. The Hall–Kier alpha value is -3.12. The van der Waals surface area contributed by atoms with Gasteiger partial charge in [0.15, 0.2) is 0 Å². The number of aromatic hydroxyl groups is 1. The molecule has 6 heteroatoms. The zero-order valence-electron chi connectivity index (χ0n) is 20.7. The predicted molar refractivity (Wildman–Crippen MR) is 147 cm³/mol. The number of fused-ring (bicyclic) bond motifs is 5. The largest absolute Gasteiger partial charge is 0.508 e. The van der Waals surface area contributed by atoms with E-state index in [9.17, 15) is 9.50 Å². The van der Waals surface area contributed by atoms with Crippen LogP contribution in [0.2, 0.25) is 0 Å². The minimum Gasteiger partial charge on any atom is -0.508 e. The second-order valence-electron chi connectivity index (χ2n) is 9.74. The van der Waals surface area contributed by atoms with Gasteiger partial charge in [0.1, 0.15) is 30.0 Å². The fraction of sp³-hybridized carbons (Fsp3) is 0.290. The van der Waals surface area contributed by atoms with Crippen LogP contribution in [-0.2, 0) is 11.3 Å². The molecule has 4 aromatic rings. The molecule has 6 rings (SSSR count). The number of hydrogen-bond donors (Lipinski definition) is 1. The SMILES string of the molecule is Cl.Oc1ccc2c3c(ccc2c1)-c1ccc(F)cc1COC3c1ccc(OCCN2CCCCC2)cc1. The smallest absolute Gasteiger partial charge is 0.123 e. The maximum atomic E-state index is 14.1. The lowest BCUT2D eigenvalue weighted by atomic mass is 9.88. The number of phenols is 1. The minimum absolute atomic E-state index is 0. The zero-order valence-corrected chi connectivity index (χ0v) is 21.5. The van der Waals surface area contributed by atoms with Gasteiger partial charge in [-0.1, -0.05) is 42.8 Å². The fourth-order valence-corrected chi connectivity index (χ4v) is 5.54. The van der Waals surface area contributed by atoms with E-state index in [0.717, 1.165) is 50.9 Å². The normalized spacial score (nSPS) is 17.4. The molecule has 37 heavy (non-hydrogen) atoms. The van der Waals surface area contributed by atoms with Gasteiger partial charge in [-0.15, -0.1) is 12.4 Å². The van der Waals surface area contributed by atoms with Crippen molar-refractivity contribution in [2.75, 3.05) is 26.2 Å². The van der Waals surface area contributed by atoms with E-state index in [-0.39, 0.29) is 30.1 Å². The van der Waals surface area contributed by atoms with E-state index in [0.29, 0.717) is 13.2 Å². The van der Waals surface area contributed by atoms with Crippen LogP contribution in [0.15, 0.2) is 72.8 Å². The van der Waals surface area contributed by atoms with E-state index in [1.165, 1.54) is 38.4 Å². The van der Waals surface area contributed by atoms with Crippen LogP contribution in [0.5, 0.6) is 11.5 Å². The third kappa shape index (κ3) is 5.30. The Morgan fingerprint density at radius 2 is 1.68 bits per heavy atom. The molecule has 192 valence electrons.